The predicted octanol–water partition coefficient (Wildman–Crippen LogP) is 5.65. The number of rotatable bonds is 5. The standard InChI is InChI=1S/C26H31N5O/c1-16(2)31-24-20(15-28-31)10-21(14-27-24)25(32)29-22-5-3-4-6-23(22)30-26-11-17-7-18(12-26)9-19(8-17)13-26/h3-6,10,14-19,30H,7-9,11-13H2,1-2H3,(H,29,32). The van der Waals surface area contributed by atoms with E-state index in [-0.39, 0.29) is 17.5 Å². The van der Waals surface area contributed by atoms with E-state index >= 15 is 0 Å². The van der Waals surface area contributed by atoms with E-state index in [0.717, 1.165) is 40.2 Å². The Morgan fingerprint density at radius 3 is 2.34 bits per heavy atom. The highest BCUT2D eigenvalue weighted by Gasteiger charge is 2.51. The smallest absolute Gasteiger partial charge is 0.257 e. The van der Waals surface area contributed by atoms with Crippen molar-refractivity contribution >= 4 is 28.3 Å². The van der Waals surface area contributed by atoms with Gasteiger partial charge in [0.15, 0.2) is 5.65 Å². The lowest BCUT2D eigenvalue weighted by Gasteiger charge is -2.57. The Kier molecular flexibility index (Phi) is 4.52. The number of hydrogen-bond donors (Lipinski definition) is 2. The molecule has 166 valence electrons. The maximum atomic E-state index is 13.1. The molecule has 6 nitrogen and oxygen atoms in total. The molecule has 2 aromatic heterocycles. The van der Waals surface area contributed by atoms with Crippen molar-refractivity contribution in [3.8, 4) is 0 Å². The number of nitrogens with zero attached hydrogens (tertiary/aromatic N) is 3. The van der Waals surface area contributed by atoms with Gasteiger partial charge in [0, 0.05) is 23.2 Å². The van der Waals surface area contributed by atoms with Gasteiger partial charge in [-0.2, -0.15) is 5.10 Å². The van der Waals surface area contributed by atoms with Gasteiger partial charge in [-0.25, -0.2) is 9.67 Å². The number of benzene rings is 1. The molecule has 0 unspecified atom stereocenters. The van der Waals surface area contributed by atoms with Crippen molar-refractivity contribution in [3.05, 3.63) is 48.3 Å². The van der Waals surface area contributed by atoms with Gasteiger partial charge < -0.3 is 10.6 Å². The number of amides is 1. The molecule has 3 aromatic rings. The molecule has 4 fully saturated rings. The summed E-state index contributed by atoms with van der Waals surface area (Å²) in [5, 5.41) is 12.3. The number of carbonyl (C=O) groups excluding carboxylic acids is 1. The quantitative estimate of drug-likeness (QED) is 0.550. The molecule has 1 aromatic carbocycles. The molecule has 4 saturated carbocycles. The van der Waals surface area contributed by atoms with Crippen molar-refractivity contribution in [3.63, 3.8) is 0 Å². The monoisotopic (exact) mass is 429 g/mol. The number of nitrogens with one attached hydrogen (secondary N) is 2. The Morgan fingerprint density at radius 1 is 1.03 bits per heavy atom. The zero-order valence-corrected chi connectivity index (χ0v) is 18.8. The van der Waals surface area contributed by atoms with Crippen molar-refractivity contribution in [2.24, 2.45) is 17.8 Å². The number of hydrogen-bond acceptors (Lipinski definition) is 4. The Morgan fingerprint density at radius 2 is 1.69 bits per heavy atom. The minimum absolute atomic E-state index is 0.142. The fraction of sp³-hybridized carbons (Fsp3) is 0.500. The van der Waals surface area contributed by atoms with Crippen LogP contribution in [-0.2, 0) is 0 Å². The second-order valence-corrected chi connectivity index (χ2v) is 10.6. The van der Waals surface area contributed by atoms with Gasteiger partial charge in [-0.3, -0.25) is 4.79 Å². The van der Waals surface area contributed by atoms with Crippen molar-refractivity contribution in [2.45, 2.75) is 64.0 Å². The summed E-state index contributed by atoms with van der Waals surface area (Å²) in [6.45, 7) is 4.14. The predicted molar refractivity (Wildman–Crippen MR) is 127 cm³/mol. The lowest BCUT2D eigenvalue weighted by Crippen LogP contribution is -2.54. The number of carbonyl (C=O) groups is 1. The summed E-state index contributed by atoms with van der Waals surface area (Å²) in [5.41, 5.74) is 3.42. The first-order valence-corrected chi connectivity index (χ1v) is 12.0. The first-order chi connectivity index (χ1) is 15.5. The van der Waals surface area contributed by atoms with E-state index in [9.17, 15) is 4.79 Å². The summed E-state index contributed by atoms with van der Waals surface area (Å²) < 4.78 is 1.88. The summed E-state index contributed by atoms with van der Waals surface area (Å²) in [5.74, 6) is 2.48. The highest BCUT2D eigenvalue weighted by molar-refractivity contribution is 6.07. The van der Waals surface area contributed by atoms with Gasteiger partial charge >= 0.3 is 0 Å². The highest BCUT2D eigenvalue weighted by Crippen LogP contribution is 2.56. The van der Waals surface area contributed by atoms with Crippen LogP contribution in [0, 0.1) is 17.8 Å². The molecule has 4 aliphatic carbocycles. The second kappa shape index (κ2) is 7.32. The van der Waals surface area contributed by atoms with Crippen LogP contribution in [-0.4, -0.2) is 26.2 Å². The molecule has 4 bridgehead atoms. The molecule has 0 spiro atoms. The molecule has 1 amide bonds. The maximum absolute atomic E-state index is 13.1. The molecule has 6 heteroatoms. The third-order valence-electron chi connectivity index (χ3n) is 7.80. The lowest BCUT2D eigenvalue weighted by atomic mass is 9.53. The molecule has 0 aliphatic heterocycles. The number of aromatic nitrogens is 3. The minimum Gasteiger partial charge on any atom is -0.378 e. The zero-order chi connectivity index (χ0) is 21.9. The number of fused-ring (bicyclic) bond motifs is 1. The molecule has 2 N–H and O–H groups in total. The van der Waals surface area contributed by atoms with Crippen LogP contribution in [0.4, 0.5) is 11.4 Å². The van der Waals surface area contributed by atoms with Crippen LogP contribution >= 0.6 is 0 Å². The van der Waals surface area contributed by atoms with Gasteiger partial charge in [-0.15, -0.1) is 0 Å². The first kappa shape index (κ1) is 19.8. The third-order valence-corrected chi connectivity index (χ3v) is 7.80. The average molecular weight is 430 g/mol. The minimum atomic E-state index is -0.142. The number of pyridine rings is 1. The summed E-state index contributed by atoms with van der Waals surface area (Å²) in [4.78, 5) is 17.6. The van der Waals surface area contributed by atoms with Crippen LogP contribution in [0.5, 0.6) is 0 Å². The van der Waals surface area contributed by atoms with Crippen molar-refractivity contribution in [1.82, 2.24) is 14.8 Å². The van der Waals surface area contributed by atoms with Gasteiger partial charge in [0.1, 0.15) is 0 Å². The SMILES string of the molecule is CC(C)n1ncc2cc(C(=O)Nc3ccccc3NC34CC5CC(CC(C5)C3)C4)cnc21. The molecule has 32 heavy (non-hydrogen) atoms. The Hall–Kier alpha value is -2.89. The van der Waals surface area contributed by atoms with Crippen LogP contribution in [0.2, 0.25) is 0 Å². The fourth-order valence-corrected chi connectivity index (χ4v) is 6.89. The fourth-order valence-electron chi connectivity index (χ4n) is 6.89. The Bertz CT molecular complexity index is 1140. The largest absolute Gasteiger partial charge is 0.378 e. The number of para-hydroxylation sites is 2. The van der Waals surface area contributed by atoms with E-state index in [4.69, 9.17) is 0 Å². The summed E-state index contributed by atoms with van der Waals surface area (Å²) in [6, 6.07) is 10.2. The molecule has 0 radical (unpaired) electrons. The molecule has 0 atom stereocenters. The molecular formula is C26H31N5O. The van der Waals surface area contributed by atoms with Crippen LogP contribution in [0.25, 0.3) is 11.0 Å². The van der Waals surface area contributed by atoms with Gasteiger partial charge in [0.25, 0.3) is 5.91 Å². The normalized spacial score (nSPS) is 28.4. The van der Waals surface area contributed by atoms with Crippen molar-refractivity contribution < 1.29 is 4.79 Å². The van der Waals surface area contributed by atoms with Gasteiger partial charge in [0.2, 0.25) is 0 Å². The molecular weight excluding hydrogens is 398 g/mol. The van der Waals surface area contributed by atoms with Crippen LogP contribution in [0.1, 0.15) is 68.8 Å². The van der Waals surface area contributed by atoms with E-state index in [0.29, 0.717) is 5.56 Å². The van der Waals surface area contributed by atoms with Gasteiger partial charge in [-0.1, -0.05) is 12.1 Å². The summed E-state index contributed by atoms with van der Waals surface area (Å²) in [6.07, 6.45) is 11.5. The maximum Gasteiger partial charge on any atom is 0.257 e. The lowest BCUT2D eigenvalue weighted by molar-refractivity contribution is 0.0107. The van der Waals surface area contributed by atoms with Gasteiger partial charge in [0.05, 0.1) is 23.1 Å². The molecule has 2 heterocycles. The van der Waals surface area contributed by atoms with Crippen LogP contribution < -0.4 is 10.6 Å². The average Bonchev–Trinajstić information content (AvgIpc) is 3.17. The first-order valence-electron chi connectivity index (χ1n) is 12.0. The van der Waals surface area contributed by atoms with E-state index in [1.807, 2.05) is 28.9 Å². The van der Waals surface area contributed by atoms with Crippen LogP contribution in [0.3, 0.4) is 0 Å². The summed E-state index contributed by atoms with van der Waals surface area (Å²) in [7, 11) is 0. The molecule has 4 aliphatic rings. The molecule has 0 saturated heterocycles. The highest BCUT2D eigenvalue weighted by atomic mass is 16.1. The van der Waals surface area contributed by atoms with E-state index < -0.39 is 0 Å². The van der Waals surface area contributed by atoms with E-state index in [1.54, 1.807) is 12.4 Å². The Balaban J connectivity index is 1.24. The van der Waals surface area contributed by atoms with E-state index in [2.05, 4.69) is 40.6 Å². The van der Waals surface area contributed by atoms with E-state index in [1.165, 1.54) is 38.5 Å². The Labute approximate surface area is 188 Å². The van der Waals surface area contributed by atoms with Crippen LogP contribution in [0.15, 0.2) is 42.7 Å². The zero-order valence-electron chi connectivity index (χ0n) is 18.8. The second-order valence-electron chi connectivity index (χ2n) is 10.6. The van der Waals surface area contributed by atoms with Crippen molar-refractivity contribution in [1.29, 1.82) is 0 Å². The number of anilines is 2. The molecule has 7 rings (SSSR count). The topological polar surface area (TPSA) is 71.8 Å². The van der Waals surface area contributed by atoms with Gasteiger partial charge in [-0.05, 0) is 88.3 Å². The summed E-state index contributed by atoms with van der Waals surface area (Å²) >= 11 is 0. The third kappa shape index (κ3) is 3.37. The van der Waals surface area contributed by atoms with Crippen molar-refractivity contribution in [2.75, 3.05) is 10.6 Å².